The van der Waals surface area contributed by atoms with Crippen molar-refractivity contribution in [1.82, 2.24) is 9.97 Å². The molecule has 40 heavy (non-hydrogen) atoms. The Labute approximate surface area is 247 Å². The van der Waals surface area contributed by atoms with Crippen molar-refractivity contribution in [2.45, 2.75) is 168 Å². The van der Waals surface area contributed by atoms with Crippen LogP contribution in [0.3, 0.4) is 0 Å². The molecule has 0 aliphatic carbocycles. The van der Waals surface area contributed by atoms with Gasteiger partial charge in [0.2, 0.25) is 0 Å². The van der Waals surface area contributed by atoms with E-state index in [4.69, 9.17) is 9.97 Å². The topological polar surface area (TPSA) is 25.8 Å². The van der Waals surface area contributed by atoms with Crippen LogP contribution in [-0.2, 0) is 12.8 Å². The molecule has 0 fully saturated rings. The van der Waals surface area contributed by atoms with Crippen LogP contribution >= 0.6 is 0 Å². The highest BCUT2D eigenvalue weighted by molar-refractivity contribution is 6.04. The summed E-state index contributed by atoms with van der Waals surface area (Å²) in [5.41, 5.74) is 5.08. The van der Waals surface area contributed by atoms with Gasteiger partial charge in [-0.1, -0.05) is 154 Å². The van der Waals surface area contributed by atoms with Crippen molar-refractivity contribution >= 4 is 21.8 Å². The number of hydrogen-bond donors (Lipinski definition) is 0. The van der Waals surface area contributed by atoms with E-state index in [0.29, 0.717) is 0 Å². The Morgan fingerprint density at radius 3 is 1.00 bits per heavy atom. The molecule has 0 saturated heterocycles. The lowest BCUT2D eigenvalue weighted by Crippen LogP contribution is -1.95. The smallest absolute Gasteiger partial charge is 0.0967 e. The maximum absolute atomic E-state index is 4.81. The summed E-state index contributed by atoms with van der Waals surface area (Å²) in [6.45, 7) is 4.59. The molecule has 2 nitrogen and oxygen atoms in total. The SMILES string of the molecule is CCCCCCCCCCCCCc1ccnc2c1ccc1c(CCCCCCCCCCCCC)ccnc12. The molecule has 0 unspecified atom stereocenters. The second-order valence-corrected chi connectivity index (χ2v) is 12.4. The molecule has 2 heteroatoms. The van der Waals surface area contributed by atoms with Crippen molar-refractivity contribution in [3.63, 3.8) is 0 Å². The van der Waals surface area contributed by atoms with Crippen LogP contribution in [0.4, 0.5) is 0 Å². The van der Waals surface area contributed by atoms with E-state index in [1.54, 1.807) is 0 Å². The Hall–Kier alpha value is -1.96. The summed E-state index contributed by atoms with van der Waals surface area (Å²) in [5.74, 6) is 0. The number of unbranched alkanes of at least 4 members (excludes halogenated alkanes) is 20. The third-order valence-corrected chi connectivity index (χ3v) is 8.90. The zero-order valence-corrected chi connectivity index (χ0v) is 26.3. The molecule has 0 amide bonds. The summed E-state index contributed by atoms with van der Waals surface area (Å²) < 4.78 is 0. The van der Waals surface area contributed by atoms with Gasteiger partial charge in [-0.05, 0) is 48.9 Å². The monoisotopic (exact) mass is 544 g/mol. The number of fused-ring (bicyclic) bond motifs is 3. The predicted molar refractivity (Wildman–Crippen MR) is 177 cm³/mol. The predicted octanol–water partition coefficient (Wildman–Crippen LogP) is 12.5. The van der Waals surface area contributed by atoms with Crippen LogP contribution in [0.2, 0.25) is 0 Å². The van der Waals surface area contributed by atoms with Crippen LogP contribution in [-0.4, -0.2) is 9.97 Å². The summed E-state index contributed by atoms with van der Waals surface area (Å²) in [7, 11) is 0. The molecule has 2 aromatic heterocycles. The largest absolute Gasteiger partial charge is 0.254 e. The number of benzene rings is 1. The number of pyridine rings is 2. The Kier molecular flexibility index (Phi) is 17.0. The molecular weight excluding hydrogens is 484 g/mol. The highest BCUT2D eigenvalue weighted by Crippen LogP contribution is 2.28. The van der Waals surface area contributed by atoms with Crippen molar-refractivity contribution in [2.24, 2.45) is 0 Å². The molecule has 1 aromatic carbocycles. The zero-order chi connectivity index (χ0) is 28.1. The fourth-order valence-electron chi connectivity index (χ4n) is 6.34. The van der Waals surface area contributed by atoms with Crippen molar-refractivity contribution in [2.75, 3.05) is 0 Å². The second kappa shape index (κ2) is 20.8. The number of aryl methyl sites for hydroxylation is 2. The van der Waals surface area contributed by atoms with Gasteiger partial charge >= 0.3 is 0 Å². The van der Waals surface area contributed by atoms with Crippen LogP contribution < -0.4 is 0 Å². The Morgan fingerprint density at radius 2 is 0.675 bits per heavy atom. The third kappa shape index (κ3) is 11.9. The van der Waals surface area contributed by atoms with Gasteiger partial charge in [0.15, 0.2) is 0 Å². The molecule has 3 rings (SSSR count). The molecule has 0 N–H and O–H groups in total. The van der Waals surface area contributed by atoms with Gasteiger partial charge in [0.05, 0.1) is 11.0 Å². The fourth-order valence-corrected chi connectivity index (χ4v) is 6.34. The molecule has 0 spiro atoms. The minimum Gasteiger partial charge on any atom is -0.254 e. The van der Waals surface area contributed by atoms with Crippen LogP contribution in [0, 0.1) is 0 Å². The first-order valence-electron chi connectivity index (χ1n) is 17.5. The molecule has 0 bridgehead atoms. The van der Waals surface area contributed by atoms with E-state index in [1.807, 2.05) is 12.4 Å². The molecule has 0 radical (unpaired) electrons. The molecule has 0 aliphatic heterocycles. The van der Waals surface area contributed by atoms with Crippen molar-refractivity contribution in [3.8, 4) is 0 Å². The number of hydrogen-bond acceptors (Lipinski definition) is 2. The normalized spacial score (nSPS) is 11.7. The average Bonchev–Trinajstić information content (AvgIpc) is 2.98. The van der Waals surface area contributed by atoms with Gasteiger partial charge in [-0.25, -0.2) is 0 Å². The second-order valence-electron chi connectivity index (χ2n) is 12.4. The zero-order valence-electron chi connectivity index (χ0n) is 26.3. The van der Waals surface area contributed by atoms with Crippen molar-refractivity contribution in [1.29, 1.82) is 0 Å². The van der Waals surface area contributed by atoms with E-state index < -0.39 is 0 Å². The van der Waals surface area contributed by atoms with E-state index >= 15 is 0 Å². The van der Waals surface area contributed by atoms with E-state index in [9.17, 15) is 0 Å². The average molecular weight is 545 g/mol. The summed E-state index contributed by atoms with van der Waals surface area (Å²) in [6.07, 6.45) is 37.0. The highest BCUT2D eigenvalue weighted by atomic mass is 14.7. The molecule has 222 valence electrons. The molecule has 0 aliphatic rings. The maximum Gasteiger partial charge on any atom is 0.0967 e. The van der Waals surface area contributed by atoms with E-state index in [1.165, 1.54) is 163 Å². The van der Waals surface area contributed by atoms with Gasteiger partial charge in [-0.15, -0.1) is 0 Å². The number of nitrogens with zero attached hydrogens (tertiary/aromatic N) is 2. The van der Waals surface area contributed by atoms with Gasteiger partial charge in [0, 0.05) is 23.2 Å². The first-order chi connectivity index (χ1) is 19.8. The Morgan fingerprint density at radius 1 is 0.375 bits per heavy atom. The van der Waals surface area contributed by atoms with Gasteiger partial charge in [-0.2, -0.15) is 0 Å². The van der Waals surface area contributed by atoms with Crippen molar-refractivity contribution in [3.05, 3.63) is 47.8 Å². The van der Waals surface area contributed by atoms with Crippen LogP contribution in [0.5, 0.6) is 0 Å². The van der Waals surface area contributed by atoms with Gasteiger partial charge < -0.3 is 0 Å². The van der Waals surface area contributed by atoms with Crippen LogP contribution in [0.25, 0.3) is 21.8 Å². The lowest BCUT2D eigenvalue weighted by atomic mass is 9.97. The van der Waals surface area contributed by atoms with Gasteiger partial charge in [-0.3, -0.25) is 9.97 Å². The third-order valence-electron chi connectivity index (χ3n) is 8.90. The fraction of sp³-hybridized carbons (Fsp3) is 0.684. The van der Waals surface area contributed by atoms with Gasteiger partial charge in [0.1, 0.15) is 0 Å². The van der Waals surface area contributed by atoms with Crippen LogP contribution in [0.15, 0.2) is 36.7 Å². The number of aromatic nitrogens is 2. The van der Waals surface area contributed by atoms with E-state index in [2.05, 4.69) is 38.1 Å². The summed E-state index contributed by atoms with van der Waals surface area (Å²) in [4.78, 5) is 9.63. The molecule has 0 saturated carbocycles. The standard InChI is InChI=1S/C38H60N2/c1-3-5-7-9-11-13-15-17-19-21-23-25-33-29-31-39-37-35(33)27-28-36-34(30-32-40-38(36)37)26-24-22-20-18-16-14-12-10-8-6-4-2/h27-32H,3-26H2,1-2H3. The first-order valence-corrected chi connectivity index (χ1v) is 17.5. The molecular formula is C38H60N2. The Bertz CT molecular complexity index is 971. The highest BCUT2D eigenvalue weighted by Gasteiger charge is 2.10. The Balaban J connectivity index is 1.39. The first kappa shape index (κ1) is 32.6. The number of rotatable bonds is 24. The van der Waals surface area contributed by atoms with Crippen molar-refractivity contribution < 1.29 is 0 Å². The molecule has 2 heterocycles. The minimum absolute atomic E-state index is 1.10. The molecule has 3 aromatic rings. The summed E-state index contributed by atoms with van der Waals surface area (Å²) in [6, 6.07) is 9.12. The molecule has 0 atom stereocenters. The minimum atomic E-state index is 1.10. The van der Waals surface area contributed by atoms with Gasteiger partial charge in [0.25, 0.3) is 0 Å². The van der Waals surface area contributed by atoms with E-state index in [-0.39, 0.29) is 0 Å². The lowest BCUT2D eigenvalue weighted by molar-refractivity contribution is 0.549. The summed E-state index contributed by atoms with van der Waals surface area (Å²) in [5, 5.41) is 2.61. The maximum atomic E-state index is 4.81. The summed E-state index contributed by atoms with van der Waals surface area (Å²) >= 11 is 0. The quantitative estimate of drug-likeness (QED) is 0.0827. The van der Waals surface area contributed by atoms with Crippen LogP contribution in [0.1, 0.15) is 166 Å². The van der Waals surface area contributed by atoms with E-state index in [0.717, 1.165) is 23.9 Å². The lowest BCUT2D eigenvalue weighted by Gasteiger charge is -2.11.